The van der Waals surface area contributed by atoms with Gasteiger partial charge in [-0.05, 0) is 30.2 Å². The molecule has 0 aliphatic carbocycles. The van der Waals surface area contributed by atoms with Gasteiger partial charge in [-0.3, -0.25) is 0 Å². The van der Waals surface area contributed by atoms with Gasteiger partial charge in [0, 0.05) is 6.54 Å². The monoisotopic (exact) mass is 274 g/mol. The number of benzene rings is 1. The standard InChI is InChI=1S/C15H15FN2O2/c1-19-13-4-2-3-12(16)14(13)20-9-11-6-5-10-7-8-17-15(10)18-11/h2-6H,7-9H2,1H3,(H,17,18). The van der Waals surface area contributed by atoms with Crippen LogP contribution in [0.1, 0.15) is 11.3 Å². The molecule has 0 radical (unpaired) electrons. The second-order valence-electron chi connectivity index (χ2n) is 4.55. The SMILES string of the molecule is COc1cccc(F)c1OCc1ccc2c(n1)NCC2. The summed E-state index contributed by atoms with van der Waals surface area (Å²) in [5.74, 6) is 0.949. The molecule has 1 aliphatic rings. The summed E-state index contributed by atoms with van der Waals surface area (Å²) < 4.78 is 24.3. The van der Waals surface area contributed by atoms with Crippen LogP contribution in [0.15, 0.2) is 30.3 Å². The highest BCUT2D eigenvalue weighted by Gasteiger charge is 2.14. The summed E-state index contributed by atoms with van der Waals surface area (Å²) in [6, 6.07) is 8.52. The van der Waals surface area contributed by atoms with Crippen LogP contribution >= 0.6 is 0 Å². The molecular weight excluding hydrogens is 259 g/mol. The van der Waals surface area contributed by atoms with Crippen LogP contribution in [-0.4, -0.2) is 18.6 Å². The van der Waals surface area contributed by atoms with Crippen molar-refractivity contribution in [2.75, 3.05) is 19.0 Å². The first-order valence-electron chi connectivity index (χ1n) is 6.46. The molecule has 1 aromatic carbocycles. The number of hydrogen-bond donors (Lipinski definition) is 1. The lowest BCUT2D eigenvalue weighted by Gasteiger charge is -2.11. The van der Waals surface area contributed by atoms with Gasteiger partial charge in [-0.2, -0.15) is 0 Å². The number of nitrogens with zero attached hydrogens (tertiary/aromatic N) is 1. The van der Waals surface area contributed by atoms with Gasteiger partial charge in [0.05, 0.1) is 12.8 Å². The Bertz CT molecular complexity index is 631. The van der Waals surface area contributed by atoms with E-state index in [4.69, 9.17) is 9.47 Å². The van der Waals surface area contributed by atoms with Crippen LogP contribution in [0.2, 0.25) is 0 Å². The van der Waals surface area contributed by atoms with Gasteiger partial charge in [0.2, 0.25) is 0 Å². The minimum atomic E-state index is -0.441. The molecule has 104 valence electrons. The molecule has 0 saturated carbocycles. The van der Waals surface area contributed by atoms with Crippen molar-refractivity contribution in [3.8, 4) is 11.5 Å². The van der Waals surface area contributed by atoms with Crippen LogP contribution in [0.4, 0.5) is 10.2 Å². The highest BCUT2D eigenvalue weighted by Crippen LogP contribution is 2.30. The Labute approximate surface area is 116 Å². The Morgan fingerprint density at radius 1 is 1.30 bits per heavy atom. The van der Waals surface area contributed by atoms with E-state index < -0.39 is 5.82 Å². The van der Waals surface area contributed by atoms with E-state index in [1.807, 2.05) is 12.1 Å². The van der Waals surface area contributed by atoms with Gasteiger partial charge in [-0.15, -0.1) is 0 Å². The zero-order valence-electron chi connectivity index (χ0n) is 11.1. The van der Waals surface area contributed by atoms with Gasteiger partial charge < -0.3 is 14.8 Å². The van der Waals surface area contributed by atoms with E-state index in [9.17, 15) is 4.39 Å². The number of halogens is 1. The van der Waals surface area contributed by atoms with E-state index in [1.54, 1.807) is 12.1 Å². The molecule has 2 heterocycles. The van der Waals surface area contributed by atoms with Crippen LogP contribution in [0.3, 0.4) is 0 Å². The lowest BCUT2D eigenvalue weighted by atomic mass is 10.2. The average Bonchev–Trinajstić information content (AvgIpc) is 2.93. The average molecular weight is 274 g/mol. The molecule has 20 heavy (non-hydrogen) atoms. The topological polar surface area (TPSA) is 43.4 Å². The van der Waals surface area contributed by atoms with E-state index in [2.05, 4.69) is 10.3 Å². The predicted molar refractivity (Wildman–Crippen MR) is 73.7 cm³/mol. The zero-order valence-corrected chi connectivity index (χ0v) is 11.1. The largest absolute Gasteiger partial charge is 0.493 e. The number of rotatable bonds is 4. The maximum Gasteiger partial charge on any atom is 0.197 e. The second kappa shape index (κ2) is 5.36. The number of methoxy groups -OCH3 is 1. The third kappa shape index (κ3) is 2.39. The molecule has 3 rings (SSSR count). The minimum absolute atomic E-state index is 0.116. The fourth-order valence-corrected chi connectivity index (χ4v) is 2.22. The number of anilines is 1. The highest BCUT2D eigenvalue weighted by atomic mass is 19.1. The van der Waals surface area contributed by atoms with Crippen molar-refractivity contribution in [2.24, 2.45) is 0 Å². The van der Waals surface area contributed by atoms with Gasteiger partial charge in [0.25, 0.3) is 0 Å². The van der Waals surface area contributed by atoms with Gasteiger partial charge >= 0.3 is 0 Å². The van der Waals surface area contributed by atoms with E-state index in [0.29, 0.717) is 5.75 Å². The summed E-state index contributed by atoms with van der Waals surface area (Å²) in [5.41, 5.74) is 1.96. The lowest BCUT2D eigenvalue weighted by molar-refractivity contribution is 0.266. The first-order chi connectivity index (χ1) is 9.78. The molecule has 1 N–H and O–H groups in total. The molecule has 0 bridgehead atoms. The van der Waals surface area contributed by atoms with Crippen LogP contribution < -0.4 is 14.8 Å². The van der Waals surface area contributed by atoms with Crippen molar-refractivity contribution in [2.45, 2.75) is 13.0 Å². The molecule has 0 amide bonds. The van der Waals surface area contributed by atoms with Crippen LogP contribution in [0, 0.1) is 5.82 Å². The molecule has 0 atom stereocenters. The van der Waals surface area contributed by atoms with Crippen molar-refractivity contribution in [1.29, 1.82) is 0 Å². The summed E-state index contributed by atoms with van der Waals surface area (Å²) in [4.78, 5) is 4.45. The van der Waals surface area contributed by atoms with Crippen molar-refractivity contribution in [1.82, 2.24) is 4.98 Å². The quantitative estimate of drug-likeness (QED) is 0.931. The third-order valence-electron chi connectivity index (χ3n) is 3.24. The van der Waals surface area contributed by atoms with E-state index in [1.165, 1.54) is 18.7 Å². The van der Waals surface area contributed by atoms with Crippen LogP contribution in [0.5, 0.6) is 11.5 Å². The Balaban J connectivity index is 1.77. The van der Waals surface area contributed by atoms with Gasteiger partial charge in [-0.1, -0.05) is 12.1 Å². The summed E-state index contributed by atoms with van der Waals surface area (Å²) in [5, 5.41) is 3.21. The Kier molecular flexibility index (Phi) is 3.41. The Morgan fingerprint density at radius 3 is 3.05 bits per heavy atom. The first kappa shape index (κ1) is 12.7. The molecule has 5 heteroatoms. The Hall–Kier alpha value is -2.30. The van der Waals surface area contributed by atoms with Gasteiger partial charge in [0.15, 0.2) is 17.3 Å². The maximum absolute atomic E-state index is 13.7. The first-order valence-corrected chi connectivity index (χ1v) is 6.46. The third-order valence-corrected chi connectivity index (χ3v) is 3.24. The zero-order chi connectivity index (χ0) is 13.9. The molecule has 1 aromatic heterocycles. The molecular formula is C15H15FN2O2. The minimum Gasteiger partial charge on any atom is -0.493 e. The number of hydrogen-bond acceptors (Lipinski definition) is 4. The maximum atomic E-state index is 13.7. The fraction of sp³-hybridized carbons (Fsp3) is 0.267. The van der Waals surface area contributed by atoms with E-state index in [0.717, 1.165) is 24.5 Å². The molecule has 0 spiro atoms. The van der Waals surface area contributed by atoms with Crippen molar-refractivity contribution < 1.29 is 13.9 Å². The normalized spacial score (nSPS) is 12.7. The molecule has 0 fully saturated rings. The predicted octanol–water partition coefficient (Wildman–Crippen LogP) is 2.78. The van der Waals surface area contributed by atoms with Crippen LogP contribution in [-0.2, 0) is 13.0 Å². The van der Waals surface area contributed by atoms with Crippen molar-refractivity contribution in [3.63, 3.8) is 0 Å². The second-order valence-corrected chi connectivity index (χ2v) is 4.55. The smallest absolute Gasteiger partial charge is 0.197 e. The summed E-state index contributed by atoms with van der Waals surface area (Å²) in [6.07, 6.45) is 0.991. The van der Waals surface area contributed by atoms with Crippen LogP contribution in [0.25, 0.3) is 0 Å². The van der Waals surface area contributed by atoms with Crippen molar-refractivity contribution >= 4 is 5.82 Å². The number of para-hydroxylation sites is 1. The summed E-state index contributed by atoms with van der Waals surface area (Å²) in [7, 11) is 1.49. The van der Waals surface area contributed by atoms with Gasteiger partial charge in [-0.25, -0.2) is 9.37 Å². The van der Waals surface area contributed by atoms with Gasteiger partial charge in [0.1, 0.15) is 12.4 Å². The molecule has 4 nitrogen and oxygen atoms in total. The molecule has 0 unspecified atom stereocenters. The number of ether oxygens (including phenoxy) is 2. The Morgan fingerprint density at radius 2 is 2.20 bits per heavy atom. The number of nitrogens with one attached hydrogen (secondary N) is 1. The van der Waals surface area contributed by atoms with Crippen molar-refractivity contribution in [3.05, 3.63) is 47.4 Å². The number of aromatic nitrogens is 1. The number of pyridine rings is 1. The summed E-state index contributed by atoms with van der Waals surface area (Å²) >= 11 is 0. The lowest BCUT2D eigenvalue weighted by Crippen LogP contribution is -2.03. The fourth-order valence-electron chi connectivity index (χ4n) is 2.22. The molecule has 2 aromatic rings. The molecule has 1 aliphatic heterocycles. The number of fused-ring (bicyclic) bond motifs is 1. The van der Waals surface area contributed by atoms with E-state index in [-0.39, 0.29) is 12.4 Å². The van der Waals surface area contributed by atoms with E-state index >= 15 is 0 Å². The highest BCUT2D eigenvalue weighted by molar-refractivity contribution is 5.49. The molecule has 0 saturated heterocycles. The summed E-state index contributed by atoms with van der Waals surface area (Å²) in [6.45, 7) is 1.11.